The van der Waals surface area contributed by atoms with Crippen molar-refractivity contribution in [2.24, 2.45) is 46.3 Å². The lowest BCUT2D eigenvalue weighted by Crippen LogP contribution is -2.62. The van der Waals surface area contributed by atoms with Gasteiger partial charge >= 0.3 is 5.97 Å². The fraction of sp³-hybridized carbons (Fsp3) is 0.784. The van der Waals surface area contributed by atoms with Crippen molar-refractivity contribution >= 4 is 11.9 Å². The van der Waals surface area contributed by atoms with Crippen molar-refractivity contribution in [2.75, 3.05) is 6.61 Å². The Hall–Kier alpha value is -1.96. The van der Waals surface area contributed by atoms with E-state index in [1.54, 1.807) is 0 Å². The highest BCUT2D eigenvalue weighted by atomic mass is 16.5. The number of aliphatic hydroxyl groups excluding tert-OH is 3. The molecule has 0 bridgehead atoms. The van der Waals surface area contributed by atoms with Crippen molar-refractivity contribution in [1.29, 1.82) is 0 Å². The molecule has 7 heteroatoms. The van der Waals surface area contributed by atoms with E-state index in [1.165, 1.54) is 0 Å². The van der Waals surface area contributed by atoms with Crippen LogP contribution in [-0.4, -0.2) is 58.2 Å². The molecule has 7 nitrogen and oxygen atoms in total. The molecule has 5 rings (SSSR count). The number of esters is 1. The Morgan fingerprint density at radius 2 is 1.77 bits per heavy atom. The summed E-state index contributed by atoms with van der Waals surface area (Å²) in [6.07, 6.45) is 8.02. The third-order valence-corrected chi connectivity index (χ3v) is 13.0. The smallest absolute Gasteiger partial charge is 0.328 e. The molecular formula is C37H57NO6. The maximum absolute atomic E-state index is 13.2. The Balaban J connectivity index is 1.22. The number of hydrogen-bond donors (Lipinski definition) is 4. The second kappa shape index (κ2) is 13.8. The van der Waals surface area contributed by atoms with Gasteiger partial charge in [-0.05, 0) is 110 Å². The highest BCUT2D eigenvalue weighted by molar-refractivity contribution is 5.84. The highest BCUT2D eigenvalue weighted by Crippen LogP contribution is 2.68. The van der Waals surface area contributed by atoms with E-state index in [9.17, 15) is 24.9 Å². The van der Waals surface area contributed by atoms with Gasteiger partial charge in [0.1, 0.15) is 6.04 Å². The summed E-state index contributed by atoms with van der Waals surface area (Å²) < 4.78 is 5.49. The molecule has 246 valence electrons. The van der Waals surface area contributed by atoms with Crippen LogP contribution in [0.15, 0.2) is 30.3 Å². The second-order valence-electron chi connectivity index (χ2n) is 15.4. The number of ether oxygens (including phenoxy) is 1. The molecule has 1 aromatic carbocycles. The largest absolute Gasteiger partial charge is 0.464 e. The quantitative estimate of drug-likeness (QED) is 0.196. The first-order valence-electron chi connectivity index (χ1n) is 17.5. The summed E-state index contributed by atoms with van der Waals surface area (Å²) in [5.74, 6) is 0.975. The summed E-state index contributed by atoms with van der Waals surface area (Å²) in [7, 11) is 0. The number of benzene rings is 1. The molecular weight excluding hydrogens is 554 g/mol. The summed E-state index contributed by atoms with van der Waals surface area (Å²) in [4.78, 5) is 26.1. The minimum Gasteiger partial charge on any atom is -0.464 e. The van der Waals surface area contributed by atoms with E-state index in [-0.39, 0.29) is 58.4 Å². The highest BCUT2D eigenvalue weighted by Gasteiger charge is 2.65. The van der Waals surface area contributed by atoms with E-state index in [1.807, 2.05) is 37.3 Å². The topological polar surface area (TPSA) is 116 Å². The maximum Gasteiger partial charge on any atom is 0.328 e. The van der Waals surface area contributed by atoms with E-state index in [0.717, 1.165) is 56.9 Å². The zero-order valence-electron chi connectivity index (χ0n) is 27.4. The molecule has 4 fully saturated rings. The van der Waals surface area contributed by atoms with Crippen molar-refractivity contribution in [3.8, 4) is 0 Å². The summed E-state index contributed by atoms with van der Waals surface area (Å²) in [5, 5.41) is 36.8. The Morgan fingerprint density at radius 1 is 1.02 bits per heavy atom. The van der Waals surface area contributed by atoms with E-state index >= 15 is 0 Å². The minimum absolute atomic E-state index is 0.0568. The number of fused-ring (bicyclic) bond motifs is 5. The average molecular weight is 612 g/mol. The first-order chi connectivity index (χ1) is 21.0. The molecule has 4 saturated carbocycles. The molecule has 0 saturated heterocycles. The van der Waals surface area contributed by atoms with Crippen molar-refractivity contribution < 1.29 is 29.6 Å². The molecule has 1 aromatic rings. The SMILES string of the molecule is CCCCOC(=O)[C@H](Cc1ccccc1)NC(=O)CC[C@@H](C)[C@H]1CC[C@H]2[C@@H]3[C@H](O)C[C@@H]4C[C@H](O)CC[C@]4(C)[C@H]3C[C@H](O)[C@]12C. The number of carbonyl (C=O) groups is 2. The number of aliphatic hydroxyl groups is 3. The molecule has 44 heavy (non-hydrogen) atoms. The Kier molecular flexibility index (Phi) is 10.5. The van der Waals surface area contributed by atoms with Gasteiger partial charge in [0.05, 0.1) is 24.9 Å². The lowest BCUT2D eigenvalue weighted by molar-refractivity contribution is -0.207. The first kappa shape index (κ1) is 33.4. The van der Waals surface area contributed by atoms with Gasteiger partial charge in [0.2, 0.25) is 5.91 Å². The lowest BCUT2D eigenvalue weighted by atomic mass is 9.43. The summed E-state index contributed by atoms with van der Waals surface area (Å²) in [5.41, 5.74) is 0.734. The Morgan fingerprint density at radius 3 is 2.50 bits per heavy atom. The van der Waals surface area contributed by atoms with Crippen molar-refractivity contribution in [3.05, 3.63) is 35.9 Å². The third-order valence-electron chi connectivity index (χ3n) is 13.0. The molecule has 12 atom stereocenters. The van der Waals surface area contributed by atoms with Crippen molar-refractivity contribution in [1.82, 2.24) is 5.32 Å². The molecule has 1 amide bonds. The molecule has 0 spiro atoms. The van der Waals surface area contributed by atoms with Crippen LogP contribution in [0.5, 0.6) is 0 Å². The monoisotopic (exact) mass is 611 g/mol. The second-order valence-corrected chi connectivity index (χ2v) is 15.4. The number of unbranched alkanes of at least 4 members (excludes halogenated alkanes) is 1. The van der Waals surface area contributed by atoms with Gasteiger partial charge in [0, 0.05) is 12.8 Å². The van der Waals surface area contributed by atoms with Crippen LogP contribution in [-0.2, 0) is 20.7 Å². The fourth-order valence-corrected chi connectivity index (χ4v) is 10.4. The van der Waals surface area contributed by atoms with Crippen LogP contribution >= 0.6 is 0 Å². The van der Waals surface area contributed by atoms with Crippen LogP contribution in [0.1, 0.15) is 104 Å². The Labute approximate surface area is 264 Å². The van der Waals surface area contributed by atoms with Gasteiger partial charge < -0.3 is 25.4 Å². The van der Waals surface area contributed by atoms with E-state index in [2.05, 4.69) is 26.1 Å². The standard InChI is InChI=1S/C37H57NO6/c1-5-6-18-44-35(43)30(19-24-10-8-7-9-11-24)38-33(42)15-12-23(2)27-13-14-28-34-29(22-32(41)37(27,28)4)36(3)17-16-26(39)20-25(36)21-31(34)40/h7-11,23,25-32,34,39-41H,5-6,12-22H2,1-4H3,(H,38,42)/t23-,25+,26-,27-,28+,29+,30+,31-,32+,34+,36+,37-/m1/s1. The van der Waals surface area contributed by atoms with Gasteiger partial charge in [-0.1, -0.05) is 64.4 Å². The molecule has 4 N–H and O–H groups in total. The zero-order chi connectivity index (χ0) is 31.6. The van der Waals surface area contributed by atoms with Crippen LogP contribution in [0.25, 0.3) is 0 Å². The van der Waals surface area contributed by atoms with Gasteiger partial charge in [-0.15, -0.1) is 0 Å². The predicted octanol–water partition coefficient (Wildman–Crippen LogP) is 5.43. The van der Waals surface area contributed by atoms with E-state index in [0.29, 0.717) is 38.2 Å². The first-order valence-corrected chi connectivity index (χ1v) is 17.5. The normalized spacial score (nSPS) is 39.3. The number of nitrogens with one attached hydrogen (secondary N) is 1. The number of rotatable bonds is 11. The molecule has 0 radical (unpaired) electrons. The average Bonchev–Trinajstić information content (AvgIpc) is 3.36. The molecule has 0 heterocycles. The van der Waals surface area contributed by atoms with Crippen molar-refractivity contribution in [3.63, 3.8) is 0 Å². The minimum atomic E-state index is -0.721. The third kappa shape index (κ3) is 6.48. The van der Waals surface area contributed by atoms with Crippen LogP contribution in [0.2, 0.25) is 0 Å². The van der Waals surface area contributed by atoms with Gasteiger partial charge in [-0.25, -0.2) is 4.79 Å². The Bertz CT molecular complexity index is 1130. The molecule has 4 aliphatic carbocycles. The van der Waals surface area contributed by atoms with Crippen LogP contribution in [0, 0.1) is 46.3 Å². The predicted molar refractivity (Wildman–Crippen MR) is 170 cm³/mol. The molecule has 0 aliphatic heterocycles. The van der Waals surface area contributed by atoms with Gasteiger partial charge in [0.15, 0.2) is 0 Å². The zero-order valence-corrected chi connectivity index (χ0v) is 27.4. The number of carbonyl (C=O) groups excluding carboxylic acids is 2. The van der Waals surface area contributed by atoms with Crippen LogP contribution in [0.3, 0.4) is 0 Å². The van der Waals surface area contributed by atoms with Gasteiger partial charge in [-0.3, -0.25) is 4.79 Å². The lowest BCUT2D eigenvalue weighted by Gasteiger charge is -2.63. The maximum atomic E-state index is 13.2. The van der Waals surface area contributed by atoms with Crippen LogP contribution in [0.4, 0.5) is 0 Å². The van der Waals surface area contributed by atoms with E-state index < -0.39 is 18.2 Å². The van der Waals surface area contributed by atoms with Crippen molar-refractivity contribution in [2.45, 2.75) is 129 Å². The van der Waals surface area contributed by atoms with Crippen LogP contribution < -0.4 is 5.32 Å². The molecule has 4 aliphatic rings. The molecule has 0 aromatic heterocycles. The summed E-state index contributed by atoms with van der Waals surface area (Å²) >= 11 is 0. The molecule has 0 unspecified atom stereocenters. The summed E-state index contributed by atoms with van der Waals surface area (Å²) in [6, 6.07) is 8.99. The number of hydrogen-bond acceptors (Lipinski definition) is 6. The summed E-state index contributed by atoms with van der Waals surface area (Å²) in [6.45, 7) is 9.23. The number of amides is 1. The fourth-order valence-electron chi connectivity index (χ4n) is 10.4. The van der Waals surface area contributed by atoms with E-state index in [4.69, 9.17) is 4.74 Å². The van der Waals surface area contributed by atoms with Gasteiger partial charge in [-0.2, -0.15) is 0 Å². The van der Waals surface area contributed by atoms with Gasteiger partial charge in [0.25, 0.3) is 0 Å².